The monoisotopic (exact) mass is 326 g/mol. The lowest BCUT2D eigenvalue weighted by molar-refractivity contribution is 0.479. The van der Waals surface area contributed by atoms with Gasteiger partial charge in [-0.3, -0.25) is 0 Å². The molecule has 0 spiro atoms. The molecular weight excluding hydrogens is 308 g/mol. The first-order chi connectivity index (χ1) is 11.3. The third kappa shape index (κ3) is 2.92. The molecule has 3 aromatic rings. The molecule has 3 heterocycles. The number of fused-ring (bicyclic) bond motifs is 1. The second-order valence-electron chi connectivity index (χ2n) is 5.98. The number of hydrogen-bond acceptors (Lipinski definition) is 3. The first-order valence-corrected chi connectivity index (χ1v) is 8.38. The summed E-state index contributed by atoms with van der Waals surface area (Å²) in [7, 11) is 0. The molecule has 2 aromatic heterocycles. The lowest BCUT2D eigenvalue weighted by Crippen LogP contribution is -2.38. The number of nitrogens with one attached hydrogen (secondary N) is 3. The fourth-order valence-corrected chi connectivity index (χ4v) is 3.41. The minimum atomic E-state index is 0.424. The van der Waals surface area contributed by atoms with Gasteiger partial charge in [0.25, 0.3) is 0 Å². The van der Waals surface area contributed by atoms with Gasteiger partial charge in [-0.2, -0.15) is 0 Å². The lowest BCUT2D eigenvalue weighted by Gasteiger charge is -2.24. The van der Waals surface area contributed by atoms with E-state index < -0.39 is 0 Å². The number of rotatable bonds is 3. The number of aromatic nitrogens is 2. The summed E-state index contributed by atoms with van der Waals surface area (Å²) in [6.07, 6.45) is 6.11. The molecule has 1 saturated heterocycles. The van der Waals surface area contributed by atoms with Crippen molar-refractivity contribution < 1.29 is 0 Å². The van der Waals surface area contributed by atoms with Crippen LogP contribution in [0.25, 0.3) is 22.0 Å². The highest BCUT2D eigenvalue weighted by molar-refractivity contribution is 6.33. The third-order valence-electron chi connectivity index (χ3n) is 4.38. The summed E-state index contributed by atoms with van der Waals surface area (Å²) in [6, 6.07) is 10.7. The highest BCUT2D eigenvalue weighted by Gasteiger charge is 2.15. The second-order valence-corrected chi connectivity index (χ2v) is 6.39. The van der Waals surface area contributed by atoms with Crippen LogP contribution in [-0.2, 0) is 0 Å². The third-order valence-corrected chi connectivity index (χ3v) is 4.68. The first-order valence-electron chi connectivity index (χ1n) is 8.00. The van der Waals surface area contributed by atoms with Crippen molar-refractivity contribution in [3.8, 4) is 11.1 Å². The highest BCUT2D eigenvalue weighted by Crippen LogP contribution is 2.34. The predicted molar refractivity (Wildman–Crippen MR) is 96.1 cm³/mol. The van der Waals surface area contributed by atoms with Crippen LogP contribution in [0.1, 0.15) is 12.8 Å². The summed E-state index contributed by atoms with van der Waals surface area (Å²) in [5.41, 5.74) is 3.23. The van der Waals surface area contributed by atoms with E-state index in [0.29, 0.717) is 11.1 Å². The maximum absolute atomic E-state index is 6.41. The van der Waals surface area contributed by atoms with Gasteiger partial charge in [-0.15, -0.1) is 0 Å². The van der Waals surface area contributed by atoms with Crippen molar-refractivity contribution in [1.29, 1.82) is 0 Å². The zero-order chi connectivity index (χ0) is 15.6. The van der Waals surface area contributed by atoms with Crippen LogP contribution in [-0.4, -0.2) is 29.1 Å². The molecule has 5 heteroatoms. The summed E-state index contributed by atoms with van der Waals surface area (Å²) in [5.74, 6) is 0.878. The van der Waals surface area contributed by atoms with Crippen molar-refractivity contribution in [3.05, 3.63) is 47.7 Å². The average molecular weight is 327 g/mol. The van der Waals surface area contributed by atoms with Crippen LogP contribution >= 0.6 is 11.6 Å². The Kier molecular flexibility index (Phi) is 3.93. The number of benzene rings is 1. The molecule has 4 nitrogen and oxygen atoms in total. The summed E-state index contributed by atoms with van der Waals surface area (Å²) in [4.78, 5) is 7.75. The Labute approximate surface area is 140 Å². The van der Waals surface area contributed by atoms with Gasteiger partial charge >= 0.3 is 0 Å². The predicted octanol–water partition coefficient (Wildman–Crippen LogP) is 4.05. The Morgan fingerprint density at radius 1 is 1.22 bits per heavy atom. The van der Waals surface area contributed by atoms with Crippen LogP contribution < -0.4 is 10.6 Å². The van der Waals surface area contributed by atoms with Gasteiger partial charge in [0.1, 0.15) is 5.82 Å². The van der Waals surface area contributed by atoms with E-state index in [2.05, 4.69) is 32.7 Å². The van der Waals surface area contributed by atoms with E-state index in [1.165, 1.54) is 18.2 Å². The molecule has 23 heavy (non-hydrogen) atoms. The maximum Gasteiger partial charge on any atom is 0.126 e. The van der Waals surface area contributed by atoms with E-state index in [1.807, 2.05) is 24.4 Å². The number of hydrogen-bond donors (Lipinski definition) is 3. The van der Waals surface area contributed by atoms with Crippen molar-refractivity contribution in [1.82, 2.24) is 15.3 Å². The number of piperidine rings is 1. The number of halogens is 1. The first kappa shape index (κ1) is 14.5. The van der Waals surface area contributed by atoms with Gasteiger partial charge in [0.05, 0.1) is 5.02 Å². The van der Waals surface area contributed by atoms with Crippen molar-refractivity contribution in [2.24, 2.45) is 0 Å². The number of pyridine rings is 1. The zero-order valence-electron chi connectivity index (χ0n) is 12.8. The number of aromatic amines is 1. The summed E-state index contributed by atoms with van der Waals surface area (Å²) in [5, 5.41) is 8.77. The Bertz CT molecular complexity index is 821. The molecule has 1 aliphatic heterocycles. The summed E-state index contributed by atoms with van der Waals surface area (Å²) >= 11 is 6.41. The van der Waals surface area contributed by atoms with Gasteiger partial charge in [0.2, 0.25) is 0 Å². The molecule has 0 radical (unpaired) electrons. The number of para-hydroxylation sites is 1. The van der Waals surface area contributed by atoms with Crippen LogP contribution in [0.4, 0.5) is 5.82 Å². The van der Waals surface area contributed by atoms with Gasteiger partial charge in [0.15, 0.2) is 0 Å². The molecule has 3 N–H and O–H groups in total. The number of nitrogens with zero attached hydrogens (tertiary/aromatic N) is 1. The topological polar surface area (TPSA) is 52.7 Å². The van der Waals surface area contributed by atoms with E-state index in [0.717, 1.165) is 35.6 Å². The molecule has 0 bridgehead atoms. The smallest absolute Gasteiger partial charge is 0.126 e. The maximum atomic E-state index is 6.41. The number of anilines is 1. The molecule has 0 amide bonds. The van der Waals surface area contributed by atoms with Crippen molar-refractivity contribution >= 4 is 28.3 Å². The Balaban J connectivity index is 1.69. The Morgan fingerprint density at radius 2 is 2.13 bits per heavy atom. The fourth-order valence-electron chi connectivity index (χ4n) is 3.20. The van der Waals surface area contributed by atoms with Crippen LogP contribution in [0.3, 0.4) is 0 Å². The van der Waals surface area contributed by atoms with Crippen molar-refractivity contribution in [2.75, 3.05) is 18.4 Å². The Morgan fingerprint density at radius 3 is 3.00 bits per heavy atom. The molecule has 1 aliphatic rings. The van der Waals surface area contributed by atoms with Crippen LogP contribution in [0, 0.1) is 0 Å². The van der Waals surface area contributed by atoms with E-state index >= 15 is 0 Å². The lowest BCUT2D eigenvalue weighted by atomic mass is 10.0. The highest BCUT2D eigenvalue weighted by atomic mass is 35.5. The van der Waals surface area contributed by atoms with E-state index in [4.69, 9.17) is 11.6 Å². The zero-order valence-corrected chi connectivity index (χ0v) is 13.5. The molecular formula is C18H19ClN4. The fraction of sp³-hybridized carbons (Fsp3) is 0.278. The van der Waals surface area contributed by atoms with Gasteiger partial charge in [0, 0.05) is 47.0 Å². The molecule has 1 atom stereocenters. The summed E-state index contributed by atoms with van der Waals surface area (Å²) < 4.78 is 0. The molecule has 1 fully saturated rings. The quantitative estimate of drug-likeness (QED) is 0.680. The van der Waals surface area contributed by atoms with Crippen molar-refractivity contribution in [2.45, 2.75) is 18.9 Å². The molecule has 1 aromatic carbocycles. The van der Waals surface area contributed by atoms with E-state index in [9.17, 15) is 0 Å². The molecule has 0 aliphatic carbocycles. The second kappa shape index (κ2) is 6.22. The minimum Gasteiger partial charge on any atom is -0.366 e. The molecule has 1 unspecified atom stereocenters. The molecule has 118 valence electrons. The normalized spacial score (nSPS) is 18.2. The summed E-state index contributed by atoms with van der Waals surface area (Å²) in [6.45, 7) is 2.08. The van der Waals surface area contributed by atoms with Crippen molar-refractivity contribution in [3.63, 3.8) is 0 Å². The van der Waals surface area contributed by atoms with Crippen LogP contribution in [0.5, 0.6) is 0 Å². The van der Waals surface area contributed by atoms with Gasteiger partial charge in [-0.05, 0) is 31.5 Å². The minimum absolute atomic E-state index is 0.424. The Hall–Kier alpha value is -2.04. The SMILES string of the molecule is Clc1cnc(NC2CCCNC2)cc1-c1c[nH]c2ccccc12. The molecule has 4 rings (SSSR count). The van der Waals surface area contributed by atoms with Gasteiger partial charge < -0.3 is 15.6 Å². The standard InChI is InChI=1S/C18H19ClN4/c19-16-11-22-18(23-12-4-3-7-20-9-12)8-14(16)15-10-21-17-6-2-1-5-13(15)17/h1-2,5-6,8,10-12,20-21H,3-4,7,9H2,(H,22,23). The average Bonchev–Trinajstić information content (AvgIpc) is 3.01. The van der Waals surface area contributed by atoms with E-state index in [1.54, 1.807) is 6.20 Å². The van der Waals surface area contributed by atoms with Gasteiger partial charge in [-0.1, -0.05) is 29.8 Å². The van der Waals surface area contributed by atoms with Crippen LogP contribution in [0.15, 0.2) is 42.7 Å². The van der Waals surface area contributed by atoms with Crippen LogP contribution in [0.2, 0.25) is 5.02 Å². The largest absolute Gasteiger partial charge is 0.366 e. The van der Waals surface area contributed by atoms with Gasteiger partial charge in [-0.25, -0.2) is 4.98 Å². The number of H-pyrrole nitrogens is 1. The molecule has 0 saturated carbocycles. The van der Waals surface area contributed by atoms with E-state index in [-0.39, 0.29) is 0 Å².